The summed E-state index contributed by atoms with van der Waals surface area (Å²) in [6.07, 6.45) is 2.46. The van der Waals surface area contributed by atoms with Crippen molar-refractivity contribution in [1.82, 2.24) is 14.9 Å². The van der Waals surface area contributed by atoms with Crippen LogP contribution in [0.5, 0.6) is 0 Å². The van der Waals surface area contributed by atoms with E-state index in [1.54, 1.807) is 6.92 Å². The molecule has 0 aromatic carbocycles. The van der Waals surface area contributed by atoms with Gasteiger partial charge in [0.2, 0.25) is 11.9 Å². The fourth-order valence-electron chi connectivity index (χ4n) is 2.43. The van der Waals surface area contributed by atoms with Crippen LogP contribution in [-0.4, -0.2) is 53.0 Å². The summed E-state index contributed by atoms with van der Waals surface area (Å²) in [4.78, 5) is 24.5. The Hall–Kier alpha value is -1.85. The highest BCUT2D eigenvalue weighted by molar-refractivity contribution is 5.73. The lowest BCUT2D eigenvalue weighted by Gasteiger charge is -2.34. The zero-order valence-electron chi connectivity index (χ0n) is 12.1. The molecule has 1 aromatic rings. The molecule has 6 nitrogen and oxygen atoms in total. The maximum absolute atomic E-state index is 11.3. The number of amides is 1. The molecule has 0 radical (unpaired) electrons. The first-order chi connectivity index (χ1) is 9.61. The molecule has 0 atom stereocenters. The van der Waals surface area contributed by atoms with Gasteiger partial charge in [-0.2, -0.15) is 4.98 Å². The van der Waals surface area contributed by atoms with Gasteiger partial charge in [-0.15, -0.1) is 0 Å². The van der Waals surface area contributed by atoms with E-state index in [0.29, 0.717) is 6.04 Å². The summed E-state index contributed by atoms with van der Waals surface area (Å²) < 4.78 is 0. The summed E-state index contributed by atoms with van der Waals surface area (Å²) in [6, 6.07) is 2.58. The fourth-order valence-corrected chi connectivity index (χ4v) is 2.43. The molecule has 20 heavy (non-hydrogen) atoms. The molecule has 0 unspecified atom stereocenters. The number of rotatable bonds is 3. The number of piperazine rings is 1. The van der Waals surface area contributed by atoms with Crippen molar-refractivity contribution in [3.8, 4) is 0 Å². The van der Waals surface area contributed by atoms with E-state index in [-0.39, 0.29) is 5.91 Å². The highest BCUT2D eigenvalue weighted by Crippen LogP contribution is 2.25. The molecule has 1 saturated carbocycles. The Morgan fingerprint density at radius 1 is 1.25 bits per heavy atom. The third-order valence-electron chi connectivity index (χ3n) is 3.78. The summed E-state index contributed by atoms with van der Waals surface area (Å²) in [7, 11) is 0. The molecule has 2 heterocycles. The number of carbonyl (C=O) groups excluding carboxylic acids is 1. The highest BCUT2D eigenvalue weighted by Gasteiger charge is 2.23. The standard InChI is InChI=1S/C14H21N5O/c1-10-9-13(16-12-3-4-12)17-14(15-10)19-7-5-18(6-8-19)11(2)20/h9,12H,3-8H2,1-2H3,(H,15,16,17). The topological polar surface area (TPSA) is 61.4 Å². The molecule has 2 fully saturated rings. The number of aryl methyl sites for hydroxylation is 1. The zero-order chi connectivity index (χ0) is 14.1. The number of carbonyl (C=O) groups is 1. The molecule has 1 aliphatic carbocycles. The van der Waals surface area contributed by atoms with E-state index in [9.17, 15) is 4.79 Å². The van der Waals surface area contributed by atoms with Gasteiger partial charge >= 0.3 is 0 Å². The molecular weight excluding hydrogens is 254 g/mol. The molecule has 1 amide bonds. The Bertz CT molecular complexity index is 506. The summed E-state index contributed by atoms with van der Waals surface area (Å²) in [5, 5.41) is 3.42. The molecule has 6 heteroatoms. The van der Waals surface area contributed by atoms with Gasteiger partial charge in [-0.25, -0.2) is 4.98 Å². The Labute approximate surface area is 119 Å². The maximum Gasteiger partial charge on any atom is 0.227 e. The van der Waals surface area contributed by atoms with Crippen molar-refractivity contribution in [2.45, 2.75) is 32.7 Å². The lowest BCUT2D eigenvalue weighted by atomic mass is 10.3. The number of hydrogen-bond acceptors (Lipinski definition) is 5. The van der Waals surface area contributed by atoms with Crippen molar-refractivity contribution >= 4 is 17.7 Å². The first kappa shape index (κ1) is 13.1. The predicted octanol–water partition coefficient (Wildman–Crippen LogP) is 1.03. The SMILES string of the molecule is CC(=O)N1CCN(c2nc(C)cc(NC3CC3)n2)CC1. The molecule has 108 valence electrons. The van der Waals surface area contributed by atoms with Crippen LogP contribution in [0, 0.1) is 6.92 Å². The molecule has 0 spiro atoms. The Balaban J connectivity index is 1.70. The van der Waals surface area contributed by atoms with Crippen LogP contribution in [0.2, 0.25) is 0 Å². The van der Waals surface area contributed by atoms with E-state index in [4.69, 9.17) is 0 Å². The van der Waals surface area contributed by atoms with E-state index < -0.39 is 0 Å². The third-order valence-corrected chi connectivity index (χ3v) is 3.78. The Kier molecular flexibility index (Phi) is 3.46. The first-order valence-corrected chi connectivity index (χ1v) is 7.24. The van der Waals surface area contributed by atoms with Crippen molar-refractivity contribution in [3.63, 3.8) is 0 Å². The van der Waals surface area contributed by atoms with Gasteiger partial charge in [0.05, 0.1) is 0 Å². The second-order valence-corrected chi connectivity index (χ2v) is 5.61. The minimum atomic E-state index is 0.144. The molecular formula is C14H21N5O. The number of nitrogens with one attached hydrogen (secondary N) is 1. The van der Waals surface area contributed by atoms with E-state index in [1.165, 1.54) is 12.8 Å². The molecule has 3 rings (SSSR count). The van der Waals surface area contributed by atoms with Crippen LogP contribution in [-0.2, 0) is 4.79 Å². The maximum atomic E-state index is 11.3. The monoisotopic (exact) mass is 275 g/mol. The number of anilines is 2. The fraction of sp³-hybridized carbons (Fsp3) is 0.643. The number of nitrogens with zero attached hydrogens (tertiary/aromatic N) is 4. The van der Waals surface area contributed by atoms with Crippen molar-refractivity contribution in [2.24, 2.45) is 0 Å². The van der Waals surface area contributed by atoms with E-state index in [2.05, 4.69) is 20.2 Å². The van der Waals surface area contributed by atoms with Crippen LogP contribution < -0.4 is 10.2 Å². The van der Waals surface area contributed by atoms with E-state index in [0.717, 1.165) is 43.6 Å². The van der Waals surface area contributed by atoms with Gasteiger partial charge in [0, 0.05) is 50.9 Å². The van der Waals surface area contributed by atoms with Gasteiger partial charge in [0.25, 0.3) is 0 Å². The second-order valence-electron chi connectivity index (χ2n) is 5.61. The van der Waals surface area contributed by atoms with Crippen molar-refractivity contribution in [3.05, 3.63) is 11.8 Å². The van der Waals surface area contributed by atoms with E-state index >= 15 is 0 Å². The first-order valence-electron chi connectivity index (χ1n) is 7.24. The zero-order valence-corrected chi connectivity index (χ0v) is 12.1. The van der Waals surface area contributed by atoms with Gasteiger partial charge < -0.3 is 15.1 Å². The van der Waals surface area contributed by atoms with Crippen LogP contribution in [0.1, 0.15) is 25.5 Å². The quantitative estimate of drug-likeness (QED) is 0.892. The molecule has 1 N–H and O–H groups in total. The molecule has 1 aliphatic heterocycles. The molecule has 0 bridgehead atoms. The van der Waals surface area contributed by atoms with Crippen molar-refractivity contribution in [1.29, 1.82) is 0 Å². The number of hydrogen-bond donors (Lipinski definition) is 1. The summed E-state index contributed by atoms with van der Waals surface area (Å²) >= 11 is 0. The average molecular weight is 275 g/mol. The minimum absolute atomic E-state index is 0.144. The predicted molar refractivity (Wildman–Crippen MR) is 77.9 cm³/mol. The smallest absolute Gasteiger partial charge is 0.227 e. The highest BCUT2D eigenvalue weighted by atomic mass is 16.2. The van der Waals surface area contributed by atoms with Crippen molar-refractivity contribution in [2.75, 3.05) is 36.4 Å². The largest absolute Gasteiger partial charge is 0.367 e. The molecule has 1 aromatic heterocycles. The number of aromatic nitrogens is 2. The van der Waals surface area contributed by atoms with Gasteiger partial charge in [0.15, 0.2) is 0 Å². The van der Waals surface area contributed by atoms with Crippen LogP contribution in [0.3, 0.4) is 0 Å². The van der Waals surface area contributed by atoms with Crippen LogP contribution in [0.25, 0.3) is 0 Å². The lowest BCUT2D eigenvalue weighted by Crippen LogP contribution is -2.48. The van der Waals surface area contributed by atoms with Gasteiger partial charge in [-0.05, 0) is 19.8 Å². The minimum Gasteiger partial charge on any atom is -0.367 e. The molecule has 1 saturated heterocycles. The Morgan fingerprint density at radius 2 is 1.95 bits per heavy atom. The normalized spacial score (nSPS) is 19.1. The van der Waals surface area contributed by atoms with E-state index in [1.807, 2.05) is 17.9 Å². The second kappa shape index (κ2) is 5.26. The van der Waals surface area contributed by atoms with Gasteiger partial charge in [-0.3, -0.25) is 4.79 Å². The average Bonchev–Trinajstić information content (AvgIpc) is 3.22. The lowest BCUT2D eigenvalue weighted by molar-refractivity contribution is -0.129. The Morgan fingerprint density at radius 3 is 2.55 bits per heavy atom. The summed E-state index contributed by atoms with van der Waals surface area (Å²) in [5.41, 5.74) is 0.979. The summed E-state index contributed by atoms with van der Waals surface area (Å²) in [5.74, 6) is 1.84. The van der Waals surface area contributed by atoms with Crippen LogP contribution >= 0.6 is 0 Å². The molecule has 2 aliphatic rings. The van der Waals surface area contributed by atoms with Crippen LogP contribution in [0.15, 0.2) is 6.07 Å². The van der Waals surface area contributed by atoms with Crippen molar-refractivity contribution < 1.29 is 4.79 Å². The third kappa shape index (κ3) is 3.00. The van der Waals surface area contributed by atoms with Crippen LogP contribution in [0.4, 0.5) is 11.8 Å². The van der Waals surface area contributed by atoms with Gasteiger partial charge in [0.1, 0.15) is 5.82 Å². The van der Waals surface area contributed by atoms with Gasteiger partial charge in [-0.1, -0.05) is 0 Å². The summed E-state index contributed by atoms with van der Waals surface area (Å²) in [6.45, 7) is 6.71.